The average Bonchev–Trinajstić information content (AvgIpc) is 3.69. The summed E-state index contributed by atoms with van der Waals surface area (Å²) in [5.41, 5.74) is 5.00. The molecular weight excluding hydrogens is 532 g/mol. The maximum absolute atomic E-state index is 12.9. The van der Waals surface area contributed by atoms with Gasteiger partial charge in [-0.05, 0) is 105 Å². The molecule has 41 heavy (non-hydrogen) atoms. The maximum Gasteiger partial charge on any atom is 0.265 e. The largest absolute Gasteiger partial charge is 0.371 e. The molecule has 2 amide bonds. The molecule has 1 saturated heterocycles. The van der Waals surface area contributed by atoms with Crippen LogP contribution in [0.3, 0.4) is 0 Å². The van der Waals surface area contributed by atoms with E-state index in [2.05, 4.69) is 39.6 Å². The Kier molecular flexibility index (Phi) is 7.54. The summed E-state index contributed by atoms with van der Waals surface area (Å²) in [4.78, 5) is 30.7. The molecule has 1 aliphatic rings. The number of benzene rings is 3. The molecule has 2 aromatic heterocycles. The van der Waals surface area contributed by atoms with Crippen LogP contribution >= 0.6 is 11.3 Å². The van der Waals surface area contributed by atoms with Crippen molar-refractivity contribution in [2.75, 3.05) is 42.7 Å². The van der Waals surface area contributed by atoms with Crippen LogP contribution < -0.4 is 15.5 Å². The van der Waals surface area contributed by atoms with E-state index in [0.717, 1.165) is 53.9 Å². The first-order valence-corrected chi connectivity index (χ1v) is 14.6. The van der Waals surface area contributed by atoms with E-state index in [1.807, 2.05) is 82.9 Å². The quantitative estimate of drug-likeness (QED) is 0.249. The summed E-state index contributed by atoms with van der Waals surface area (Å²) in [6, 6.07) is 25.5. The lowest BCUT2D eigenvalue weighted by molar-refractivity contribution is 0.102. The van der Waals surface area contributed by atoms with Crippen LogP contribution in [0.1, 0.15) is 32.9 Å². The van der Waals surface area contributed by atoms with E-state index in [4.69, 9.17) is 0 Å². The zero-order chi connectivity index (χ0) is 28.3. The Bertz CT molecular complexity index is 1650. The van der Waals surface area contributed by atoms with Gasteiger partial charge in [0.25, 0.3) is 11.8 Å². The number of hydrogen-bond acceptors (Lipinski definition) is 6. The molecule has 0 aliphatic carbocycles. The molecule has 1 fully saturated rings. The van der Waals surface area contributed by atoms with E-state index >= 15 is 0 Å². The summed E-state index contributed by atoms with van der Waals surface area (Å²) in [5, 5.41) is 13.3. The highest BCUT2D eigenvalue weighted by atomic mass is 32.1. The van der Waals surface area contributed by atoms with Crippen LogP contribution in [0.15, 0.2) is 90.4 Å². The van der Waals surface area contributed by atoms with Gasteiger partial charge in [0, 0.05) is 47.1 Å². The van der Waals surface area contributed by atoms with Crippen molar-refractivity contribution in [3.05, 3.63) is 101 Å². The monoisotopic (exact) mass is 564 g/mol. The third kappa shape index (κ3) is 5.86. The minimum Gasteiger partial charge on any atom is -0.371 e. The van der Waals surface area contributed by atoms with E-state index in [-0.39, 0.29) is 11.8 Å². The van der Waals surface area contributed by atoms with Gasteiger partial charge in [0.15, 0.2) is 0 Å². The van der Waals surface area contributed by atoms with Crippen LogP contribution in [0.2, 0.25) is 0 Å². The number of rotatable bonds is 7. The highest BCUT2D eigenvalue weighted by Crippen LogP contribution is 2.25. The number of aromatic nitrogens is 2. The molecule has 0 saturated carbocycles. The maximum atomic E-state index is 12.9. The Morgan fingerprint density at radius 1 is 0.854 bits per heavy atom. The van der Waals surface area contributed by atoms with Gasteiger partial charge in [-0.15, -0.1) is 11.3 Å². The van der Waals surface area contributed by atoms with Crippen molar-refractivity contribution < 1.29 is 9.59 Å². The van der Waals surface area contributed by atoms with Gasteiger partial charge in [-0.2, -0.15) is 5.10 Å². The van der Waals surface area contributed by atoms with Crippen molar-refractivity contribution in [2.45, 2.75) is 18.9 Å². The van der Waals surface area contributed by atoms with Gasteiger partial charge < -0.3 is 20.4 Å². The predicted octanol–water partition coefficient (Wildman–Crippen LogP) is 6.12. The van der Waals surface area contributed by atoms with E-state index in [0.29, 0.717) is 22.2 Å². The van der Waals surface area contributed by atoms with E-state index in [9.17, 15) is 9.59 Å². The number of carbonyl (C=O) groups excluding carboxylic acids is 2. The molecule has 5 aromatic rings. The van der Waals surface area contributed by atoms with Gasteiger partial charge in [-0.1, -0.05) is 6.07 Å². The second kappa shape index (κ2) is 11.6. The fourth-order valence-electron chi connectivity index (χ4n) is 5.27. The molecule has 0 spiro atoms. The van der Waals surface area contributed by atoms with Crippen molar-refractivity contribution >= 4 is 51.1 Å². The standard InChI is InChI=1S/C32H32N6O2S/c1-36(2)26-15-17-37(18-16-26)27-10-5-22(6-11-27)31(39)34-24-7-12-28(13-8-24)38-29-14-9-25(20-23(29)21-33-38)35-32(40)30-4-3-19-41-30/h3-14,19-21,26H,15-18H2,1-2H3,(H,34,39)(H,35,40). The first-order valence-electron chi connectivity index (χ1n) is 13.7. The first kappa shape index (κ1) is 26.7. The molecule has 208 valence electrons. The number of thiophene rings is 1. The molecule has 8 nitrogen and oxygen atoms in total. The second-order valence-electron chi connectivity index (χ2n) is 10.5. The molecule has 0 bridgehead atoms. The Morgan fingerprint density at radius 3 is 2.22 bits per heavy atom. The Hall–Kier alpha value is -4.47. The Labute approximate surface area is 243 Å². The number of anilines is 3. The van der Waals surface area contributed by atoms with Gasteiger partial charge >= 0.3 is 0 Å². The third-order valence-corrected chi connectivity index (χ3v) is 8.50. The molecule has 0 atom stereocenters. The first-order chi connectivity index (χ1) is 19.9. The molecule has 0 unspecified atom stereocenters. The Balaban J connectivity index is 1.08. The van der Waals surface area contributed by atoms with E-state index in [1.54, 1.807) is 12.3 Å². The molecule has 2 N–H and O–H groups in total. The number of nitrogens with zero attached hydrogens (tertiary/aromatic N) is 4. The minimum atomic E-state index is -0.141. The van der Waals surface area contributed by atoms with Crippen molar-refractivity contribution in [1.82, 2.24) is 14.7 Å². The summed E-state index contributed by atoms with van der Waals surface area (Å²) in [5.74, 6) is -0.266. The Morgan fingerprint density at radius 2 is 1.54 bits per heavy atom. The topological polar surface area (TPSA) is 82.5 Å². The van der Waals surface area contributed by atoms with Crippen molar-refractivity contribution in [1.29, 1.82) is 0 Å². The SMILES string of the molecule is CN(C)C1CCN(c2ccc(C(=O)Nc3ccc(-n4ncc5cc(NC(=O)c6cccs6)ccc54)cc3)cc2)CC1. The van der Waals surface area contributed by atoms with Gasteiger partial charge in [0.2, 0.25) is 0 Å². The molecule has 9 heteroatoms. The predicted molar refractivity (Wildman–Crippen MR) is 167 cm³/mol. The molecule has 3 aromatic carbocycles. The normalized spacial score (nSPS) is 14.0. The lowest BCUT2D eigenvalue weighted by Crippen LogP contribution is -2.41. The van der Waals surface area contributed by atoms with Gasteiger partial charge in [-0.25, -0.2) is 4.68 Å². The summed E-state index contributed by atoms with van der Waals surface area (Å²) < 4.78 is 1.84. The number of fused-ring (bicyclic) bond motifs is 1. The molecule has 0 radical (unpaired) electrons. The molecule has 3 heterocycles. The van der Waals surface area contributed by atoms with Crippen LogP contribution in [0, 0.1) is 0 Å². The summed E-state index contributed by atoms with van der Waals surface area (Å²) >= 11 is 1.41. The highest BCUT2D eigenvalue weighted by Gasteiger charge is 2.21. The van der Waals surface area contributed by atoms with Gasteiger partial charge in [0.05, 0.1) is 22.3 Å². The zero-order valence-corrected chi connectivity index (χ0v) is 23.9. The lowest BCUT2D eigenvalue weighted by Gasteiger charge is -2.36. The fraction of sp³-hybridized carbons (Fsp3) is 0.219. The third-order valence-electron chi connectivity index (χ3n) is 7.63. The van der Waals surface area contributed by atoms with Crippen LogP contribution in [0.4, 0.5) is 17.1 Å². The number of amides is 2. The van der Waals surface area contributed by atoms with Gasteiger partial charge in [0.1, 0.15) is 0 Å². The average molecular weight is 565 g/mol. The molecule has 6 rings (SSSR count). The minimum absolute atomic E-state index is 0.124. The number of carbonyl (C=O) groups is 2. The number of hydrogen-bond donors (Lipinski definition) is 2. The summed E-state index contributed by atoms with van der Waals surface area (Å²) in [6.07, 6.45) is 4.07. The lowest BCUT2D eigenvalue weighted by atomic mass is 10.0. The summed E-state index contributed by atoms with van der Waals surface area (Å²) in [6.45, 7) is 2.05. The van der Waals surface area contributed by atoms with Crippen LogP contribution in [-0.2, 0) is 0 Å². The van der Waals surface area contributed by atoms with Crippen LogP contribution in [0.25, 0.3) is 16.6 Å². The zero-order valence-electron chi connectivity index (χ0n) is 23.1. The molecular formula is C32H32N6O2S. The number of nitrogens with one attached hydrogen (secondary N) is 2. The fourth-order valence-corrected chi connectivity index (χ4v) is 5.89. The van der Waals surface area contributed by atoms with Crippen LogP contribution in [-0.4, -0.2) is 59.7 Å². The number of piperidine rings is 1. The summed E-state index contributed by atoms with van der Waals surface area (Å²) in [7, 11) is 4.29. The van der Waals surface area contributed by atoms with E-state index < -0.39 is 0 Å². The van der Waals surface area contributed by atoms with Crippen molar-refractivity contribution in [2.24, 2.45) is 0 Å². The van der Waals surface area contributed by atoms with Crippen molar-refractivity contribution in [3.63, 3.8) is 0 Å². The second-order valence-corrected chi connectivity index (χ2v) is 11.4. The molecule has 1 aliphatic heterocycles. The van der Waals surface area contributed by atoms with Crippen LogP contribution in [0.5, 0.6) is 0 Å². The van der Waals surface area contributed by atoms with Gasteiger partial charge in [-0.3, -0.25) is 9.59 Å². The smallest absolute Gasteiger partial charge is 0.265 e. The van der Waals surface area contributed by atoms with E-state index in [1.165, 1.54) is 11.3 Å². The van der Waals surface area contributed by atoms with Crippen molar-refractivity contribution in [3.8, 4) is 5.69 Å². The highest BCUT2D eigenvalue weighted by molar-refractivity contribution is 7.12.